The summed E-state index contributed by atoms with van der Waals surface area (Å²) in [6, 6.07) is 0. The summed E-state index contributed by atoms with van der Waals surface area (Å²) in [5.41, 5.74) is 0. The predicted octanol–water partition coefficient (Wildman–Crippen LogP) is 8.65. The predicted molar refractivity (Wildman–Crippen MR) is 97.1 cm³/mol. The van der Waals surface area contributed by atoms with Crippen molar-refractivity contribution in [2.75, 3.05) is 0 Å². The molecule has 0 heterocycles. The van der Waals surface area contributed by atoms with Gasteiger partial charge in [0.15, 0.2) is 0 Å². The highest BCUT2D eigenvalue weighted by Crippen LogP contribution is 2.54. The number of halogens is 28. The van der Waals surface area contributed by atoms with Gasteiger partial charge in [0.05, 0.1) is 0 Å². The molecular weight excluding hydrogens is 876 g/mol. The quantitative estimate of drug-likeness (QED) is 0.0742. The minimum absolute atomic E-state index is 1.51. The number of alkyl halides is 28. The monoisotopic (exact) mass is 882 g/mol. The molecule has 54 heavy (non-hydrogen) atoms. The fourth-order valence-corrected chi connectivity index (χ4v) is 2.33. The van der Waals surface area contributed by atoms with Gasteiger partial charge in [0.25, 0.3) is 11.6 Å². The van der Waals surface area contributed by atoms with Crippen LogP contribution >= 0.6 is 0 Å². The van der Waals surface area contributed by atoms with Crippen molar-refractivity contribution < 1.29 is 161 Å². The number of ether oxygens (including phenoxy) is 4. The van der Waals surface area contributed by atoms with E-state index in [1.165, 1.54) is 0 Å². The van der Waals surface area contributed by atoms with E-state index in [2.05, 4.69) is 28.7 Å². The molecule has 0 radical (unpaired) electrons. The maximum absolute atomic E-state index is 13.8. The fraction of sp³-hybridized carbons (Fsp3) is 0.889. The molecule has 0 fully saturated rings. The van der Waals surface area contributed by atoms with Crippen LogP contribution in [-0.2, 0) is 38.3 Å². The maximum Gasteiger partial charge on any atom is 0.462 e. The van der Waals surface area contributed by atoms with E-state index in [1.807, 2.05) is 0 Å². The van der Waals surface area contributed by atoms with Crippen molar-refractivity contribution in [3.05, 3.63) is 0 Å². The van der Waals surface area contributed by atoms with Gasteiger partial charge in [0, 0.05) is 13.8 Å². The molecule has 0 bridgehead atoms. The average Bonchev–Trinajstić information content (AvgIpc) is 2.86. The lowest BCUT2D eigenvalue weighted by Gasteiger charge is -2.38. The van der Waals surface area contributed by atoms with E-state index in [1.54, 1.807) is 0 Å². The highest BCUT2D eigenvalue weighted by Gasteiger charge is 2.82. The van der Waals surface area contributed by atoms with Crippen LogP contribution in [0.25, 0.3) is 0 Å². The van der Waals surface area contributed by atoms with Crippen LogP contribution in [0.4, 0.5) is 123 Å². The summed E-state index contributed by atoms with van der Waals surface area (Å²) in [4.78, 5) is 29.0. The van der Waals surface area contributed by atoms with Crippen LogP contribution in [0, 0.1) is 0 Å². The molecule has 0 aromatic carbocycles. The first-order valence-electron chi connectivity index (χ1n) is 11.4. The molecule has 0 atom stereocenters. The van der Waals surface area contributed by atoms with E-state index in [0.717, 1.165) is 0 Å². The van der Waals surface area contributed by atoms with Gasteiger partial charge >= 0.3 is 84.8 Å². The maximum atomic E-state index is 13.8. The van der Waals surface area contributed by atoms with E-state index in [9.17, 15) is 133 Å². The summed E-state index contributed by atoms with van der Waals surface area (Å²) in [5.74, 6) is -53.2. The normalized spacial score (nSPS) is 16.0. The number of rotatable bonds is 14. The first-order chi connectivity index (χ1) is 22.9. The highest BCUT2D eigenvalue weighted by atomic mass is 19.5. The Bertz CT molecular complexity index is 1170. The molecule has 0 spiro atoms. The summed E-state index contributed by atoms with van der Waals surface area (Å²) in [7, 11) is 0. The zero-order chi connectivity index (χ0) is 44.4. The minimum atomic E-state index is -7.95. The van der Waals surface area contributed by atoms with Gasteiger partial charge in [0.2, 0.25) is 0 Å². The molecule has 36 heteroatoms. The summed E-state index contributed by atoms with van der Waals surface area (Å²) in [6.07, 6.45) is -62.3. The molecule has 0 aromatic heterocycles. The van der Waals surface area contributed by atoms with Crippen LogP contribution < -0.4 is 0 Å². The molecule has 322 valence electrons. The SMILES string of the molecule is CC(OC(F)(F)C(F)(F)C(F)(F)F)(OC(F)(F)C(F)(F)C(F)(F)F)C(=O)OOC(=O)C(C)(OC(F)(F)C(F)(F)C(F)(F)F)OC(F)(F)C(F)(F)C(F)(F)F. The minimum Gasteiger partial charge on any atom is -0.271 e. The van der Waals surface area contributed by atoms with Crippen molar-refractivity contribution in [3.63, 3.8) is 0 Å². The van der Waals surface area contributed by atoms with Crippen LogP contribution in [0.3, 0.4) is 0 Å². The van der Waals surface area contributed by atoms with Crippen molar-refractivity contribution >= 4 is 11.9 Å². The van der Waals surface area contributed by atoms with E-state index >= 15 is 0 Å². The van der Waals surface area contributed by atoms with E-state index in [4.69, 9.17) is 0 Å². The van der Waals surface area contributed by atoms with Crippen LogP contribution in [0.5, 0.6) is 0 Å². The van der Waals surface area contributed by atoms with Gasteiger partial charge in [-0.15, -0.1) is 0 Å². The summed E-state index contributed by atoms with van der Waals surface area (Å²) in [6.45, 7) is -3.02. The third-order valence-corrected chi connectivity index (χ3v) is 5.11. The lowest BCUT2D eigenvalue weighted by atomic mass is 10.2. The molecule has 0 aromatic rings. The zero-order valence-electron chi connectivity index (χ0n) is 23.8. The second-order valence-corrected chi connectivity index (χ2v) is 9.40. The van der Waals surface area contributed by atoms with Crippen molar-refractivity contribution in [2.24, 2.45) is 0 Å². The number of hydrogen-bond donors (Lipinski definition) is 0. The van der Waals surface area contributed by atoms with Crippen LogP contribution in [0.2, 0.25) is 0 Å². The largest absolute Gasteiger partial charge is 0.462 e. The molecule has 0 saturated heterocycles. The topological polar surface area (TPSA) is 89.5 Å². The van der Waals surface area contributed by atoms with Gasteiger partial charge in [-0.3, -0.25) is 18.9 Å². The molecule has 0 rings (SSSR count). The molecular formula is C18H6F28O8. The van der Waals surface area contributed by atoms with Crippen LogP contribution in [-0.4, -0.2) is 96.3 Å². The molecule has 0 amide bonds. The van der Waals surface area contributed by atoms with Crippen LogP contribution in [0.15, 0.2) is 0 Å². The lowest BCUT2D eigenvalue weighted by Crippen LogP contribution is -2.64. The Kier molecular flexibility index (Phi) is 13.0. The molecule has 0 aliphatic carbocycles. The standard InChI is InChI=1S/C18H6F28O8/c1-5(51-15(39,40)7(19,20)11(27,28)29,52-16(41,42)8(21,22)12(30,31)32)3(47)49-50-4(48)6(2,53-17(43,44)9(23,24)13(33,34)35)54-18(45,46)10(25,26)14(36,37)38/h1-2H3. The second kappa shape index (κ2) is 13.8. The summed E-state index contributed by atoms with van der Waals surface area (Å²) in [5, 5.41) is 0. The Hall–Kier alpha value is -3.18. The van der Waals surface area contributed by atoms with E-state index in [0.29, 0.717) is 0 Å². The Balaban J connectivity index is 7.42. The smallest absolute Gasteiger partial charge is 0.271 e. The van der Waals surface area contributed by atoms with Crippen molar-refractivity contribution in [3.8, 4) is 0 Å². The molecule has 0 saturated carbocycles. The highest BCUT2D eigenvalue weighted by molar-refractivity contribution is 5.80. The molecule has 0 aliphatic rings. The van der Waals surface area contributed by atoms with Crippen molar-refractivity contribution in [1.82, 2.24) is 0 Å². The van der Waals surface area contributed by atoms with Gasteiger partial charge in [0.1, 0.15) is 0 Å². The fourth-order valence-electron chi connectivity index (χ4n) is 2.33. The van der Waals surface area contributed by atoms with E-state index < -0.39 is 110 Å². The molecule has 0 aliphatic heterocycles. The Labute approximate surface area is 273 Å². The first-order valence-corrected chi connectivity index (χ1v) is 11.4. The summed E-state index contributed by atoms with van der Waals surface area (Å²) >= 11 is 0. The van der Waals surface area contributed by atoms with Gasteiger partial charge in [-0.1, -0.05) is 0 Å². The number of hydrogen-bond acceptors (Lipinski definition) is 8. The molecule has 8 nitrogen and oxygen atoms in total. The van der Waals surface area contributed by atoms with Crippen molar-refractivity contribution in [2.45, 2.75) is 98.3 Å². The average molecular weight is 882 g/mol. The Morgan fingerprint density at radius 1 is 0.296 bits per heavy atom. The first kappa shape index (κ1) is 50.8. The van der Waals surface area contributed by atoms with Gasteiger partial charge < -0.3 is 0 Å². The van der Waals surface area contributed by atoms with Gasteiger partial charge in [-0.2, -0.15) is 123 Å². The summed E-state index contributed by atoms with van der Waals surface area (Å²) < 4.78 is 373. The Morgan fingerprint density at radius 2 is 0.426 bits per heavy atom. The van der Waals surface area contributed by atoms with Crippen molar-refractivity contribution in [1.29, 1.82) is 0 Å². The van der Waals surface area contributed by atoms with Crippen LogP contribution in [0.1, 0.15) is 13.8 Å². The van der Waals surface area contributed by atoms with E-state index in [-0.39, 0.29) is 0 Å². The van der Waals surface area contributed by atoms with Gasteiger partial charge in [-0.05, 0) is 0 Å². The zero-order valence-corrected chi connectivity index (χ0v) is 23.8. The third kappa shape index (κ3) is 9.26. The molecule has 0 unspecified atom stereocenters. The lowest BCUT2D eigenvalue weighted by molar-refractivity contribution is -0.509. The Morgan fingerprint density at radius 3 is 0.537 bits per heavy atom. The number of carbonyl (C=O) groups excluding carboxylic acids is 2. The third-order valence-electron chi connectivity index (χ3n) is 5.11. The van der Waals surface area contributed by atoms with Gasteiger partial charge in [-0.25, -0.2) is 19.4 Å². The second-order valence-electron chi connectivity index (χ2n) is 9.40. The number of carbonyl (C=O) groups is 2. The molecule has 0 N–H and O–H groups in total.